The zero-order valence-electron chi connectivity index (χ0n) is 9.77. The zero-order chi connectivity index (χ0) is 12.0. The van der Waals surface area contributed by atoms with Gasteiger partial charge in [-0.2, -0.15) is 0 Å². The lowest BCUT2D eigenvalue weighted by molar-refractivity contribution is -0.136. The molecule has 16 heavy (non-hydrogen) atoms. The second kappa shape index (κ2) is 6.28. The number of hydrogen-bond acceptors (Lipinski definition) is 3. The van der Waals surface area contributed by atoms with E-state index in [4.69, 9.17) is 4.74 Å². The van der Waals surface area contributed by atoms with Crippen molar-refractivity contribution in [3.05, 3.63) is 35.5 Å². The van der Waals surface area contributed by atoms with Crippen molar-refractivity contribution in [2.45, 2.75) is 32.8 Å². The molecule has 0 spiro atoms. The van der Waals surface area contributed by atoms with Gasteiger partial charge in [0.2, 0.25) is 0 Å². The minimum Gasteiger partial charge on any atom is -0.458 e. The van der Waals surface area contributed by atoms with Crippen LogP contribution in [0.4, 0.5) is 0 Å². The van der Waals surface area contributed by atoms with Gasteiger partial charge in [-0.3, -0.25) is 0 Å². The predicted octanol–water partition coefficient (Wildman–Crippen LogP) is 2.13. The molecule has 0 saturated heterocycles. The Kier molecular flexibility index (Phi) is 4.99. The summed E-state index contributed by atoms with van der Waals surface area (Å²) < 4.78 is 4.96. The van der Waals surface area contributed by atoms with Crippen LogP contribution < -0.4 is 0 Å². The Morgan fingerprint density at radius 3 is 2.88 bits per heavy atom. The van der Waals surface area contributed by atoms with Gasteiger partial charge < -0.3 is 9.84 Å². The van der Waals surface area contributed by atoms with E-state index < -0.39 is 6.10 Å². The molecule has 0 bridgehead atoms. The molecule has 1 N–H and O–H groups in total. The first kappa shape index (κ1) is 12.7. The highest BCUT2D eigenvalue weighted by atomic mass is 16.5. The van der Waals surface area contributed by atoms with E-state index >= 15 is 0 Å². The second-order valence-electron chi connectivity index (χ2n) is 3.87. The van der Waals surface area contributed by atoms with Crippen LogP contribution in [0.3, 0.4) is 0 Å². The van der Waals surface area contributed by atoms with Crippen molar-refractivity contribution in [1.82, 2.24) is 0 Å². The zero-order valence-corrected chi connectivity index (χ0v) is 9.77. The summed E-state index contributed by atoms with van der Waals surface area (Å²) in [4.78, 5) is 11.4. The van der Waals surface area contributed by atoms with Crippen LogP contribution in [0.5, 0.6) is 0 Å². The molecule has 0 unspecified atom stereocenters. The van der Waals surface area contributed by atoms with Gasteiger partial charge in [0, 0.05) is 12.0 Å². The quantitative estimate of drug-likeness (QED) is 0.572. The molecule has 0 saturated carbocycles. The largest absolute Gasteiger partial charge is 0.458 e. The van der Waals surface area contributed by atoms with E-state index in [1.165, 1.54) is 0 Å². The monoisotopic (exact) mass is 222 g/mol. The molecular weight excluding hydrogens is 204 g/mol. The molecule has 0 radical (unpaired) electrons. The summed E-state index contributed by atoms with van der Waals surface area (Å²) in [5.41, 5.74) is 1.62. The van der Waals surface area contributed by atoms with Crippen molar-refractivity contribution in [2.24, 2.45) is 0 Å². The Labute approximate surface area is 96.1 Å². The maximum absolute atomic E-state index is 11.4. The molecule has 1 aliphatic rings. The Hall–Kier alpha value is -1.35. The molecule has 1 rings (SSSR count). The third-order valence-electron chi connectivity index (χ3n) is 2.35. The molecule has 0 aliphatic carbocycles. The van der Waals surface area contributed by atoms with Crippen molar-refractivity contribution in [1.29, 1.82) is 0 Å². The van der Waals surface area contributed by atoms with Crippen LogP contribution in [-0.2, 0) is 9.53 Å². The first-order valence-corrected chi connectivity index (χ1v) is 5.49. The van der Waals surface area contributed by atoms with Crippen LogP contribution in [0.2, 0.25) is 0 Å². The van der Waals surface area contributed by atoms with Crippen molar-refractivity contribution in [3.63, 3.8) is 0 Å². The number of aliphatic hydroxyl groups excluding tert-OH is 1. The highest BCUT2D eigenvalue weighted by molar-refractivity contribution is 5.91. The van der Waals surface area contributed by atoms with Crippen LogP contribution in [-0.4, -0.2) is 23.8 Å². The summed E-state index contributed by atoms with van der Waals surface area (Å²) in [6, 6.07) is 0. The summed E-state index contributed by atoms with van der Waals surface area (Å²) in [5, 5.41) is 9.29. The van der Waals surface area contributed by atoms with Crippen LogP contribution >= 0.6 is 0 Å². The van der Waals surface area contributed by atoms with Gasteiger partial charge in [0.05, 0.1) is 6.10 Å². The van der Waals surface area contributed by atoms with Gasteiger partial charge >= 0.3 is 5.97 Å². The van der Waals surface area contributed by atoms with Crippen molar-refractivity contribution in [3.8, 4) is 0 Å². The number of ether oxygens (including phenoxy) is 1. The number of carbonyl (C=O) groups excluding carboxylic acids is 1. The fourth-order valence-electron chi connectivity index (χ4n) is 1.58. The van der Waals surface area contributed by atoms with Crippen LogP contribution in [0.15, 0.2) is 35.5 Å². The Morgan fingerprint density at radius 2 is 2.25 bits per heavy atom. The highest BCUT2D eigenvalue weighted by Crippen LogP contribution is 2.23. The van der Waals surface area contributed by atoms with Crippen LogP contribution in [0.25, 0.3) is 0 Å². The molecule has 88 valence electrons. The van der Waals surface area contributed by atoms with E-state index in [1.54, 1.807) is 6.92 Å². The van der Waals surface area contributed by atoms with E-state index in [0.29, 0.717) is 25.0 Å². The lowest BCUT2D eigenvalue weighted by Crippen LogP contribution is -2.07. The molecule has 0 aromatic rings. The topological polar surface area (TPSA) is 46.5 Å². The lowest BCUT2D eigenvalue weighted by atomic mass is 10.0. The fraction of sp³-hybridized carbons (Fsp3) is 0.462. The molecule has 3 nitrogen and oxygen atoms in total. The summed E-state index contributed by atoms with van der Waals surface area (Å²) in [7, 11) is 0. The molecule has 3 heteroatoms. The molecule has 0 aromatic heterocycles. The Bertz CT molecular complexity index is 335. The maximum atomic E-state index is 11.4. The third-order valence-corrected chi connectivity index (χ3v) is 2.35. The fourth-order valence-corrected chi connectivity index (χ4v) is 1.58. The normalized spacial score (nSPS) is 18.8. The van der Waals surface area contributed by atoms with Crippen LogP contribution in [0, 0.1) is 0 Å². The lowest BCUT2D eigenvalue weighted by Gasteiger charge is -2.03. The predicted molar refractivity (Wildman–Crippen MR) is 62.9 cm³/mol. The summed E-state index contributed by atoms with van der Waals surface area (Å²) in [6.45, 7) is 3.98. The second-order valence-corrected chi connectivity index (χ2v) is 3.87. The highest BCUT2D eigenvalue weighted by Gasteiger charge is 2.24. The van der Waals surface area contributed by atoms with Gasteiger partial charge in [0.1, 0.15) is 6.61 Å². The van der Waals surface area contributed by atoms with Crippen molar-refractivity contribution < 1.29 is 14.6 Å². The number of esters is 1. The maximum Gasteiger partial charge on any atom is 0.334 e. The number of carbonyl (C=O) groups is 1. The van der Waals surface area contributed by atoms with Gasteiger partial charge in [-0.15, -0.1) is 0 Å². The number of cyclic esters (lactones) is 1. The standard InChI is InChI=1S/C13H18O3/c1-3-4-5-6-7-11-9-16-13(15)12(11)8-10(2)14/h3-6,10,14H,7-9H2,1-2H3/b4-3-,6-5+/t10-/m0/s1. The number of rotatable bonds is 5. The molecule has 1 aliphatic heterocycles. The summed E-state index contributed by atoms with van der Waals surface area (Å²) in [5.74, 6) is -0.282. The minimum atomic E-state index is -0.504. The van der Waals surface area contributed by atoms with E-state index in [0.717, 1.165) is 5.57 Å². The average Bonchev–Trinajstić information content (AvgIpc) is 2.56. The first-order valence-electron chi connectivity index (χ1n) is 5.49. The molecule has 1 atom stereocenters. The summed E-state index contributed by atoms with van der Waals surface area (Å²) in [6.07, 6.45) is 8.39. The molecule has 1 heterocycles. The SMILES string of the molecule is C/C=C\C=C\CC1=C(C[C@H](C)O)C(=O)OC1. The number of allylic oxidation sites excluding steroid dienone is 4. The first-order chi connectivity index (χ1) is 7.65. The molecule has 0 fully saturated rings. The number of hydrogen-bond donors (Lipinski definition) is 1. The molecule has 0 amide bonds. The van der Waals surface area contributed by atoms with E-state index in [1.807, 2.05) is 31.2 Å². The Balaban J connectivity index is 2.66. The van der Waals surface area contributed by atoms with Gasteiger partial charge in [0.15, 0.2) is 0 Å². The van der Waals surface area contributed by atoms with E-state index in [2.05, 4.69) is 0 Å². The van der Waals surface area contributed by atoms with Gasteiger partial charge in [-0.25, -0.2) is 4.79 Å². The van der Waals surface area contributed by atoms with E-state index in [9.17, 15) is 9.90 Å². The molecular formula is C13H18O3. The number of aliphatic hydroxyl groups is 1. The van der Waals surface area contributed by atoms with Gasteiger partial charge in [0.25, 0.3) is 0 Å². The third kappa shape index (κ3) is 3.66. The van der Waals surface area contributed by atoms with Gasteiger partial charge in [-0.05, 0) is 25.8 Å². The van der Waals surface area contributed by atoms with E-state index in [-0.39, 0.29) is 5.97 Å². The van der Waals surface area contributed by atoms with Crippen LogP contribution in [0.1, 0.15) is 26.7 Å². The summed E-state index contributed by atoms with van der Waals surface area (Å²) >= 11 is 0. The smallest absolute Gasteiger partial charge is 0.334 e. The van der Waals surface area contributed by atoms with Crippen molar-refractivity contribution >= 4 is 5.97 Å². The molecule has 0 aromatic carbocycles. The van der Waals surface area contributed by atoms with Crippen molar-refractivity contribution in [2.75, 3.05) is 6.61 Å². The van der Waals surface area contributed by atoms with Gasteiger partial charge in [-0.1, -0.05) is 24.3 Å². The minimum absolute atomic E-state index is 0.282. The Morgan fingerprint density at radius 1 is 1.50 bits per heavy atom. The average molecular weight is 222 g/mol.